The van der Waals surface area contributed by atoms with Crippen molar-refractivity contribution in [2.45, 2.75) is 52.6 Å². The molecule has 4 rings (SSSR count). The van der Waals surface area contributed by atoms with Crippen LogP contribution in [0.3, 0.4) is 0 Å². The number of morpholine rings is 1. The molecule has 2 aromatic heterocycles. The zero-order valence-electron chi connectivity index (χ0n) is 19.2. The molecule has 0 aromatic carbocycles. The van der Waals surface area contributed by atoms with Gasteiger partial charge in [0.25, 0.3) is 11.5 Å². The van der Waals surface area contributed by atoms with E-state index in [9.17, 15) is 14.7 Å². The van der Waals surface area contributed by atoms with Gasteiger partial charge >= 0.3 is 0 Å². The minimum atomic E-state index is -0.609. The second kappa shape index (κ2) is 9.11. The van der Waals surface area contributed by atoms with E-state index in [1.165, 1.54) is 4.52 Å². The molecule has 0 bridgehead atoms. The second-order valence-corrected chi connectivity index (χ2v) is 9.93. The standard InChI is InChI=1S/C22H34N6O4/c1-22(2,3)14-27-17-13-16(23-7-4-8-26-9-11-32-12-10-26)25-28(17)21(31)18(20(27)30)19(29)24-15-5-6-15/h13,15,30H,4-12,14H2,1-3H3,(H,23,25)(H,24,29). The lowest BCUT2D eigenvalue weighted by Crippen LogP contribution is -2.37. The molecule has 1 saturated carbocycles. The average Bonchev–Trinajstić information content (AvgIpc) is 3.44. The van der Waals surface area contributed by atoms with Crippen LogP contribution in [-0.4, -0.2) is 75.5 Å². The van der Waals surface area contributed by atoms with E-state index in [1.54, 1.807) is 10.6 Å². The number of ether oxygens (including phenoxy) is 1. The Hall–Kier alpha value is -2.59. The summed E-state index contributed by atoms with van der Waals surface area (Å²) in [5, 5.41) is 21.4. The van der Waals surface area contributed by atoms with E-state index in [0.29, 0.717) is 24.6 Å². The van der Waals surface area contributed by atoms with Crippen molar-refractivity contribution in [2.24, 2.45) is 5.41 Å². The van der Waals surface area contributed by atoms with Crippen LogP contribution in [0.5, 0.6) is 5.88 Å². The number of nitrogens with one attached hydrogen (secondary N) is 2. The average molecular weight is 447 g/mol. The normalized spacial score (nSPS) is 17.6. The number of anilines is 1. The number of amides is 1. The van der Waals surface area contributed by atoms with Crippen molar-refractivity contribution in [3.05, 3.63) is 22.0 Å². The molecule has 3 N–H and O–H groups in total. The monoisotopic (exact) mass is 446 g/mol. The Labute approximate surface area is 187 Å². The highest BCUT2D eigenvalue weighted by Crippen LogP contribution is 2.26. The van der Waals surface area contributed by atoms with E-state index in [-0.39, 0.29) is 22.9 Å². The Morgan fingerprint density at radius 1 is 1.28 bits per heavy atom. The molecule has 176 valence electrons. The topological polar surface area (TPSA) is 113 Å². The number of nitrogens with zero attached hydrogens (tertiary/aromatic N) is 4. The Morgan fingerprint density at radius 2 is 2.00 bits per heavy atom. The van der Waals surface area contributed by atoms with Crippen LogP contribution in [0, 0.1) is 5.41 Å². The second-order valence-electron chi connectivity index (χ2n) is 9.93. The zero-order valence-corrected chi connectivity index (χ0v) is 19.2. The summed E-state index contributed by atoms with van der Waals surface area (Å²) >= 11 is 0. The van der Waals surface area contributed by atoms with Crippen molar-refractivity contribution in [3.63, 3.8) is 0 Å². The number of rotatable bonds is 8. The number of hydrogen-bond donors (Lipinski definition) is 3. The molecule has 32 heavy (non-hydrogen) atoms. The largest absolute Gasteiger partial charge is 0.494 e. The van der Waals surface area contributed by atoms with Gasteiger partial charge < -0.3 is 20.5 Å². The molecule has 2 aliphatic rings. The maximum Gasteiger partial charge on any atom is 0.291 e. The Balaban J connectivity index is 1.57. The van der Waals surface area contributed by atoms with E-state index in [4.69, 9.17) is 4.74 Å². The maximum absolute atomic E-state index is 13.1. The molecule has 0 spiro atoms. The van der Waals surface area contributed by atoms with Crippen LogP contribution >= 0.6 is 0 Å². The lowest BCUT2D eigenvalue weighted by molar-refractivity contribution is 0.0378. The van der Waals surface area contributed by atoms with E-state index in [0.717, 1.165) is 52.1 Å². The fraction of sp³-hybridized carbons (Fsp3) is 0.682. The minimum Gasteiger partial charge on any atom is -0.494 e. The fourth-order valence-electron chi connectivity index (χ4n) is 3.90. The summed E-state index contributed by atoms with van der Waals surface area (Å²) in [5.41, 5.74) is -0.591. The van der Waals surface area contributed by atoms with Gasteiger partial charge in [0.2, 0.25) is 5.88 Å². The number of aromatic nitrogens is 3. The number of fused-ring (bicyclic) bond motifs is 1. The van der Waals surface area contributed by atoms with E-state index >= 15 is 0 Å². The molecule has 1 amide bonds. The first-order valence-corrected chi connectivity index (χ1v) is 11.4. The first-order chi connectivity index (χ1) is 15.2. The molecule has 2 fully saturated rings. The van der Waals surface area contributed by atoms with Crippen LogP contribution in [0.2, 0.25) is 0 Å². The van der Waals surface area contributed by atoms with Crippen LogP contribution in [-0.2, 0) is 11.3 Å². The maximum atomic E-state index is 13.1. The quantitative estimate of drug-likeness (QED) is 0.524. The number of carbonyl (C=O) groups excluding carboxylic acids is 1. The SMILES string of the molecule is CC(C)(C)Cn1c(O)c(C(=O)NC2CC2)c(=O)n2nc(NCCCN3CCOCC3)cc12. The summed E-state index contributed by atoms with van der Waals surface area (Å²) in [7, 11) is 0. The van der Waals surface area contributed by atoms with Crippen molar-refractivity contribution in [1.82, 2.24) is 24.4 Å². The molecule has 10 heteroatoms. The Kier molecular flexibility index (Phi) is 6.43. The highest BCUT2D eigenvalue weighted by Gasteiger charge is 2.30. The summed E-state index contributed by atoms with van der Waals surface area (Å²) < 4.78 is 8.20. The van der Waals surface area contributed by atoms with Gasteiger partial charge in [0, 0.05) is 38.3 Å². The third-order valence-electron chi connectivity index (χ3n) is 5.69. The molecule has 0 radical (unpaired) electrons. The molecule has 10 nitrogen and oxygen atoms in total. The molecule has 1 saturated heterocycles. The Bertz CT molecular complexity index is 1030. The predicted molar refractivity (Wildman–Crippen MR) is 121 cm³/mol. The molecule has 1 aliphatic carbocycles. The summed E-state index contributed by atoms with van der Waals surface area (Å²) in [6.45, 7) is 11.7. The van der Waals surface area contributed by atoms with Crippen molar-refractivity contribution >= 4 is 17.4 Å². The van der Waals surface area contributed by atoms with Gasteiger partial charge in [0.15, 0.2) is 11.4 Å². The minimum absolute atomic E-state index is 0.0781. The van der Waals surface area contributed by atoms with E-state index < -0.39 is 11.5 Å². The lowest BCUT2D eigenvalue weighted by atomic mass is 9.96. The van der Waals surface area contributed by atoms with Crippen LogP contribution in [0.1, 0.15) is 50.4 Å². The highest BCUT2D eigenvalue weighted by molar-refractivity contribution is 5.96. The predicted octanol–water partition coefficient (Wildman–Crippen LogP) is 1.27. The van der Waals surface area contributed by atoms with E-state index in [2.05, 4.69) is 20.6 Å². The number of aromatic hydroxyl groups is 1. The van der Waals surface area contributed by atoms with Gasteiger partial charge in [-0.15, -0.1) is 5.10 Å². The van der Waals surface area contributed by atoms with Crippen LogP contribution in [0.4, 0.5) is 5.82 Å². The van der Waals surface area contributed by atoms with Crippen LogP contribution < -0.4 is 16.2 Å². The lowest BCUT2D eigenvalue weighted by Gasteiger charge is -2.26. The van der Waals surface area contributed by atoms with Crippen molar-refractivity contribution < 1.29 is 14.6 Å². The fourth-order valence-corrected chi connectivity index (χ4v) is 3.90. The van der Waals surface area contributed by atoms with Crippen LogP contribution in [0.15, 0.2) is 10.9 Å². The van der Waals surface area contributed by atoms with Crippen molar-refractivity contribution in [1.29, 1.82) is 0 Å². The highest BCUT2D eigenvalue weighted by atomic mass is 16.5. The third-order valence-corrected chi connectivity index (χ3v) is 5.69. The van der Waals surface area contributed by atoms with Gasteiger partial charge in [0.1, 0.15) is 5.65 Å². The molecule has 1 aliphatic heterocycles. The molecular formula is C22H34N6O4. The summed E-state index contributed by atoms with van der Waals surface area (Å²) in [4.78, 5) is 28.2. The summed E-state index contributed by atoms with van der Waals surface area (Å²) in [5.74, 6) is -0.310. The van der Waals surface area contributed by atoms with Crippen molar-refractivity contribution in [2.75, 3.05) is 44.7 Å². The van der Waals surface area contributed by atoms with Gasteiger partial charge in [-0.3, -0.25) is 19.1 Å². The van der Waals surface area contributed by atoms with Gasteiger partial charge in [-0.2, -0.15) is 4.52 Å². The van der Waals surface area contributed by atoms with Gasteiger partial charge in [-0.25, -0.2) is 0 Å². The molecule has 3 heterocycles. The van der Waals surface area contributed by atoms with Crippen molar-refractivity contribution in [3.8, 4) is 5.88 Å². The molecular weight excluding hydrogens is 412 g/mol. The third kappa shape index (κ3) is 5.24. The first kappa shape index (κ1) is 22.6. The molecule has 2 aromatic rings. The first-order valence-electron chi connectivity index (χ1n) is 11.4. The molecule has 0 unspecified atom stereocenters. The van der Waals surface area contributed by atoms with E-state index in [1.807, 2.05) is 20.8 Å². The smallest absolute Gasteiger partial charge is 0.291 e. The van der Waals surface area contributed by atoms with Gasteiger partial charge in [-0.05, 0) is 31.2 Å². The van der Waals surface area contributed by atoms with Crippen LogP contribution in [0.25, 0.3) is 5.65 Å². The number of carbonyl (C=O) groups is 1. The number of hydrogen-bond acceptors (Lipinski definition) is 7. The Morgan fingerprint density at radius 3 is 2.66 bits per heavy atom. The summed E-state index contributed by atoms with van der Waals surface area (Å²) in [6.07, 6.45) is 2.72. The molecule has 0 atom stereocenters. The summed E-state index contributed by atoms with van der Waals surface area (Å²) in [6, 6.07) is 1.83. The zero-order chi connectivity index (χ0) is 22.9. The van der Waals surface area contributed by atoms with Gasteiger partial charge in [-0.1, -0.05) is 20.8 Å². The van der Waals surface area contributed by atoms with Gasteiger partial charge in [0.05, 0.1) is 13.2 Å².